The Labute approximate surface area is 55.7 Å². The van der Waals surface area contributed by atoms with Gasteiger partial charge >= 0.3 is 5.97 Å². The van der Waals surface area contributed by atoms with Crippen LogP contribution in [0.3, 0.4) is 0 Å². The third-order valence-corrected chi connectivity index (χ3v) is 1.21. The first-order valence-electron chi connectivity index (χ1n) is 2.19. The fourth-order valence-electron chi connectivity index (χ4n) is 0.352. The van der Waals surface area contributed by atoms with Crippen LogP contribution in [0.2, 0.25) is 0 Å². The van der Waals surface area contributed by atoms with E-state index in [1.807, 2.05) is 0 Å². The lowest BCUT2D eigenvalue weighted by Gasteiger charge is -1.87. The molecular formula is C4H4N2O2S. The van der Waals surface area contributed by atoms with Crippen molar-refractivity contribution in [3.63, 3.8) is 0 Å². The third-order valence-electron chi connectivity index (χ3n) is 0.729. The van der Waals surface area contributed by atoms with Gasteiger partial charge in [0.25, 0.3) is 5.82 Å². The number of hydrogen-bond acceptors (Lipinski definition) is 5. The lowest BCUT2D eigenvalue weighted by atomic mass is 10.6. The van der Waals surface area contributed by atoms with Gasteiger partial charge in [-0.2, -0.15) is 4.37 Å². The second kappa shape index (κ2) is 2.54. The van der Waals surface area contributed by atoms with Crippen LogP contribution in [0, 0.1) is 0 Å². The second-order valence-electron chi connectivity index (χ2n) is 1.25. The molecule has 0 aliphatic heterocycles. The van der Waals surface area contributed by atoms with Crippen molar-refractivity contribution < 1.29 is 9.53 Å². The Morgan fingerprint density at radius 1 is 1.89 bits per heavy atom. The summed E-state index contributed by atoms with van der Waals surface area (Å²) in [6, 6.07) is 0. The zero-order valence-electron chi connectivity index (χ0n) is 4.70. The molecule has 0 atom stereocenters. The van der Waals surface area contributed by atoms with E-state index < -0.39 is 5.97 Å². The average Bonchev–Trinajstić information content (AvgIpc) is 2.37. The summed E-state index contributed by atoms with van der Waals surface area (Å²) < 4.78 is 7.98. The van der Waals surface area contributed by atoms with Gasteiger partial charge in [-0.05, 0) is 11.5 Å². The van der Waals surface area contributed by atoms with Crippen LogP contribution in [-0.2, 0) is 4.74 Å². The quantitative estimate of drug-likeness (QED) is 0.533. The summed E-state index contributed by atoms with van der Waals surface area (Å²) in [4.78, 5) is 14.2. The number of ether oxygens (including phenoxy) is 1. The van der Waals surface area contributed by atoms with E-state index in [1.54, 1.807) is 0 Å². The highest BCUT2D eigenvalue weighted by atomic mass is 32.1. The molecule has 0 spiro atoms. The first-order chi connectivity index (χ1) is 4.34. The molecule has 0 bridgehead atoms. The Balaban J connectivity index is 2.77. The van der Waals surface area contributed by atoms with E-state index in [9.17, 15) is 4.79 Å². The van der Waals surface area contributed by atoms with Crippen molar-refractivity contribution in [2.75, 3.05) is 7.11 Å². The van der Waals surface area contributed by atoms with Crippen LogP contribution in [0.5, 0.6) is 0 Å². The largest absolute Gasteiger partial charge is 0.463 e. The highest BCUT2D eigenvalue weighted by Gasteiger charge is 2.07. The van der Waals surface area contributed by atoms with Crippen LogP contribution in [0.1, 0.15) is 10.6 Å². The van der Waals surface area contributed by atoms with Gasteiger partial charge in [-0.15, -0.1) is 0 Å². The maximum atomic E-state index is 10.5. The fourth-order valence-corrected chi connectivity index (χ4v) is 0.767. The van der Waals surface area contributed by atoms with Crippen molar-refractivity contribution in [2.45, 2.75) is 0 Å². The van der Waals surface area contributed by atoms with Gasteiger partial charge in [-0.1, -0.05) is 0 Å². The molecule has 0 saturated heterocycles. The SMILES string of the molecule is COC(=O)c1ncsn1. The number of hydrogen-bond donors (Lipinski definition) is 0. The second-order valence-corrected chi connectivity index (χ2v) is 1.85. The van der Waals surface area contributed by atoms with Crippen molar-refractivity contribution >= 4 is 17.5 Å². The van der Waals surface area contributed by atoms with E-state index in [0.29, 0.717) is 0 Å². The molecule has 1 rings (SSSR count). The minimum Gasteiger partial charge on any atom is -0.463 e. The van der Waals surface area contributed by atoms with Gasteiger partial charge in [-0.25, -0.2) is 9.78 Å². The Morgan fingerprint density at radius 2 is 2.67 bits per heavy atom. The zero-order chi connectivity index (χ0) is 6.69. The molecule has 48 valence electrons. The zero-order valence-corrected chi connectivity index (χ0v) is 5.51. The number of methoxy groups -OCH3 is 1. The summed E-state index contributed by atoms with van der Waals surface area (Å²) in [5.41, 5.74) is 1.48. The summed E-state index contributed by atoms with van der Waals surface area (Å²) >= 11 is 1.12. The van der Waals surface area contributed by atoms with Crippen LogP contribution in [-0.4, -0.2) is 22.4 Å². The number of aromatic nitrogens is 2. The Kier molecular flexibility index (Phi) is 1.74. The van der Waals surface area contributed by atoms with Gasteiger partial charge in [0.2, 0.25) is 0 Å². The fraction of sp³-hybridized carbons (Fsp3) is 0.250. The molecule has 1 heterocycles. The molecule has 5 heteroatoms. The normalized spacial score (nSPS) is 9.00. The van der Waals surface area contributed by atoms with E-state index in [1.165, 1.54) is 12.6 Å². The van der Waals surface area contributed by atoms with Gasteiger partial charge in [0.05, 0.1) is 7.11 Å². The maximum absolute atomic E-state index is 10.5. The van der Waals surface area contributed by atoms with Gasteiger partial charge in [0.15, 0.2) is 0 Å². The predicted molar refractivity (Wildman–Crippen MR) is 31.2 cm³/mol. The van der Waals surface area contributed by atoms with Crippen molar-refractivity contribution in [3.05, 3.63) is 11.3 Å². The lowest BCUT2D eigenvalue weighted by Crippen LogP contribution is -2.02. The Hall–Kier alpha value is -0.970. The molecule has 0 radical (unpaired) electrons. The first-order valence-corrected chi connectivity index (χ1v) is 3.03. The van der Waals surface area contributed by atoms with Crippen molar-refractivity contribution in [2.24, 2.45) is 0 Å². The highest BCUT2D eigenvalue weighted by Crippen LogP contribution is 1.94. The predicted octanol–water partition coefficient (Wildman–Crippen LogP) is 0.325. The van der Waals surface area contributed by atoms with E-state index in [-0.39, 0.29) is 5.82 Å². The maximum Gasteiger partial charge on any atom is 0.377 e. The van der Waals surface area contributed by atoms with Gasteiger partial charge < -0.3 is 4.74 Å². The summed E-state index contributed by atoms with van der Waals surface area (Å²) in [5, 5.41) is 0. The Morgan fingerprint density at radius 3 is 3.11 bits per heavy atom. The molecule has 0 N–H and O–H groups in total. The summed E-state index contributed by atoms with van der Waals surface area (Å²) in [6.07, 6.45) is 0. The van der Waals surface area contributed by atoms with E-state index in [2.05, 4.69) is 14.1 Å². The third kappa shape index (κ3) is 1.23. The van der Waals surface area contributed by atoms with E-state index in [4.69, 9.17) is 0 Å². The van der Waals surface area contributed by atoms with Crippen LogP contribution >= 0.6 is 11.5 Å². The first kappa shape index (κ1) is 6.15. The van der Waals surface area contributed by atoms with Crippen LogP contribution < -0.4 is 0 Å². The van der Waals surface area contributed by atoms with Crippen LogP contribution in [0.25, 0.3) is 0 Å². The van der Waals surface area contributed by atoms with Crippen molar-refractivity contribution in [1.29, 1.82) is 0 Å². The molecule has 0 aromatic carbocycles. The molecule has 4 nitrogen and oxygen atoms in total. The number of esters is 1. The van der Waals surface area contributed by atoms with Gasteiger partial charge in [0.1, 0.15) is 5.51 Å². The highest BCUT2D eigenvalue weighted by molar-refractivity contribution is 7.03. The van der Waals surface area contributed by atoms with Crippen molar-refractivity contribution in [3.8, 4) is 0 Å². The smallest absolute Gasteiger partial charge is 0.377 e. The number of nitrogens with zero attached hydrogens (tertiary/aromatic N) is 2. The molecule has 0 unspecified atom stereocenters. The molecular weight excluding hydrogens is 140 g/mol. The topological polar surface area (TPSA) is 52.1 Å². The van der Waals surface area contributed by atoms with Gasteiger partial charge in [-0.3, -0.25) is 0 Å². The average molecular weight is 144 g/mol. The molecule has 0 fully saturated rings. The lowest BCUT2D eigenvalue weighted by molar-refractivity contribution is 0.0588. The molecule has 9 heavy (non-hydrogen) atoms. The monoisotopic (exact) mass is 144 g/mol. The summed E-state index contributed by atoms with van der Waals surface area (Å²) in [7, 11) is 1.30. The van der Waals surface area contributed by atoms with Crippen LogP contribution in [0.4, 0.5) is 0 Å². The molecule has 1 aromatic rings. The van der Waals surface area contributed by atoms with Crippen molar-refractivity contribution in [1.82, 2.24) is 9.36 Å². The minimum atomic E-state index is -0.490. The minimum absolute atomic E-state index is 0.127. The molecule has 0 aliphatic carbocycles. The molecule has 1 aromatic heterocycles. The number of carbonyl (C=O) groups is 1. The summed E-state index contributed by atoms with van der Waals surface area (Å²) in [6.45, 7) is 0. The summed E-state index contributed by atoms with van der Waals surface area (Å²) in [5.74, 6) is -0.362. The van der Waals surface area contributed by atoms with Gasteiger partial charge in [0, 0.05) is 0 Å². The Bertz CT molecular complexity index is 196. The number of rotatable bonds is 1. The van der Waals surface area contributed by atoms with E-state index >= 15 is 0 Å². The standard InChI is InChI=1S/C4H4N2O2S/c1-8-4(7)3-5-2-9-6-3/h2H,1H3. The number of carbonyl (C=O) groups excluding carboxylic acids is 1. The molecule has 0 aliphatic rings. The van der Waals surface area contributed by atoms with Crippen LogP contribution in [0.15, 0.2) is 5.51 Å². The molecule has 0 saturated carbocycles. The molecule has 0 amide bonds. The van der Waals surface area contributed by atoms with E-state index in [0.717, 1.165) is 11.5 Å².